The number of carbonyl (C=O) groups is 1. The highest BCUT2D eigenvalue weighted by Crippen LogP contribution is 2.21. The molecule has 1 aliphatic rings. The largest absolute Gasteiger partial charge is 0.379 e. The van der Waals surface area contributed by atoms with Crippen LogP contribution in [0.3, 0.4) is 0 Å². The molecule has 1 amide bonds. The van der Waals surface area contributed by atoms with Crippen molar-refractivity contribution in [3.05, 3.63) is 22.3 Å². The van der Waals surface area contributed by atoms with Crippen molar-refractivity contribution < 1.29 is 9.53 Å². The number of hydrazine groups is 1. The molecule has 1 fully saturated rings. The average Bonchev–Trinajstić information content (AvgIpc) is 2.75. The zero-order chi connectivity index (χ0) is 13.2. The third kappa shape index (κ3) is 2.80. The molecule has 0 saturated carbocycles. The minimum Gasteiger partial charge on any atom is -0.379 e. The van der Waals surface area contributed by atoms with Gasteiger partial charge in [-0.15, -0.1) is 0 Å². The number of ether oxygens (including phenoxy) is 1. The first kappa shape index (κ1) is 13.3. The van der Waals surface area contributed by atoms with E-state index in [2.05, 4.69) is 31.7 Å². The van der Waals surface area contributed by atoms with Gasteiger partial charge in [0.15, 0.2) is 5.82 Å². The molecule has 18 heavy (non-hydrogen) atoms. The summed E-state index contributed by atoms with van der Waals surface area (Å²) in [4.78, 5) is 16.3. The molecule has 2 rings (SSSR count). The van der Waals surface area contributed by atoms with Crippen LogP contribution < -0.4 is 16.6 Å². The first-order chi connectivity index (χ1) is 8.54. The third-order valence-corrected chi connectivity index (χ3v) is 3.30. The molecule has 98 valence electrons. The molecule has 0 aliphatic carbocycles. The van der Waals surface area contributed by atoms with Crippen LogP contribution in [0.2, 0.25) is 0 Å². The molecular weight excluding hydrogens is 300 g/mol. The Balaban J connectivity index is 2.20. The minimum absolute atomic E-state index is 0.218. The maximum atomic E-state index is 12.2. The highest BCUT2D eigenvalue weighted by Gasteiger charge is 2.32. The Bertz CT molecular complexity index is 460. The molecule has 0 spiro atoms. The summed E-state index contributed by atoms with van der Waals surface area (Å²) >= 11 is 3.28. The molecule has 0 aromatic carbocycles. The van der Waals surface area contributed by atoms with Crippen molar-refractivity contribution in [2.45, 2.75) is 18.9 Å². The molecule has 2 heterocycles. The van der Waals surface area contributed by atoms with Crippen LogP contribution in [-0.4, -0.2) is 29.6 Å². The van der Waals surface area contributed by atoms with Crippen LogP contribution in [0.1, 0.15) is 23.7 Å². The average molecular weight is 315 g/mol. The van der Waals surface area contributed by atoms with Crippen LogP contribution in [0, 0.1) is 0 Å². The van der Waals surface area contributed by atoms with E-state index in [1.807, 2.05) is 6.92 Å². The van der Waals surface area contributed by atoms with Gasteiger partial charge >= 0.3 is 0 Å². The van der Waals surface area contributed by atoms with Gasteiger partial charge in [0.1, 0.15) is 0 Å². The Hall–Kier alpha value is -1.18. The summed E-state index contributed by atoms with van der Waals surface area (Å²) in [6.45, 7) is 3.14. The van der Waals surface area contributed by atoms with E-state index >= 15 is 0 Å². The first-order valence-electron chi connectivity index (χ1n) is 5.56. The number of halogens is 1. The quantitative estimate of drug-likeness (QED) is 0.573. The number of hydrogen-bond acceptors (Lipinski definition) is 5. The number of nitrogens with zero attached hydrogens (tertiary/aromatic N) is 1. The second-order valence-electron chi connectivity index (χ2n) is 4.51. The van der Waals surface area contributed by atoms with Gasteiger partial charge in [0, 0.05) is 17.3 Å². The van der Waals surface area contributed by atoms with Gasteiger partial charge in [-0.1, -0.05) is 0 Å². The number of amides is 1. The standard InChI is InChI=1S/C11H15BrN4O2/c1-11(2-3-18-6-11)15-10(17)8-4-7(12)5-14-9(8)16-13/h4-5H,2-3,6,13H2,1H3,(H,14,16)(H,15,17). The molecule has 0 radical (unpaired) electrons. The number of nitrogens with two attached hydrogens (primary N) is 1. The van der Waals surface area contributed by atoms with Crippen molar-refractivity contribution in [3.63, 3.8) is 0 Å². The van der Waals surface area contributed by atoms with Gasteiger partial charge in [0.05, 0.1) is 17.7 Å². The summed E-state index contributed by atoms with van der Waals surface area (Å²) in [5.74, 6) is 5.47. The second kappa shape index (κ2) is 5.21. The van der Waals surface area contributed by atoms with Crippen LogP contribution >= 0.6 is 15.9 Å². The number of carbonyl (C=O) groups excluding carboxylic acids is 1. The summed E-state index contributed by atoms with van der Waals surface area (Å²) < 4.78 is 6.02. The van der Waals surface area contributed by atoms with Crippen molar-refractivity contribution in [3.8, 4) is 0 Å². The van der Waals surface area contributed by atoms with Crippen molar-refractivity contribution in [2.75, 3.05) is 18.6 Å². The predicted molar refractivity (Wildman–Crippen MR) is 71.1 cm³/mol. The fraction of sp³-hybridized carbons (Fsp3) is 0.455. The van der Waals surface area contributed by atoms with Crippen LogP contribution in [-0.2, 0) is 4.74 Å². The van der Waals surface area contributed by atoms with E-state index in [4.69, 9.17) is 10.6 Å². The lowest BCUT2D eigenvalue weighted by Gasteiger charge is -2.24. The first-order valence-corrected chi connectivity index (χ1v) is 6.36. The van der Waals surface area contributed by atoms with Crippen LogP contribution in [0.5, 0.6) is 0 Å². The highest BCUT2D eigenvalue weighted by molar-refractivity contribution is 9.10. The van der Waals surface area contributed by atoms with E-state index < -0.39 is 0 Å². The van der Waals surface area contributed by atoms with E-state index in [-0.39, 0.29) is 11.4 Å². The molecule has 1 atom stereocenters. The van der Waals surface area contributed by atoms with Crippen LogP contribution in [0.25, 0.3) is 0 Å². The summed E-state index contributed by atoms with van der Waals surface area (Å²) in [5.41, 5.74) is 2.49. The number of rotatable bonds is 3. The van der Waals surface area contributed by atoms with E-state index in [9.17, 15) is 4.79 Å². The highest BCUT2D eigenvalue weighted by atomic mass is 79.9. The Morgan fingerprint density at radius 3 is 3.06 bits per heavy atom. The maximum absolute atomic E-state index is 12.2. The van der Waals surface area contributed by atoms with Gasteiger partial charge < -0.3 is 15.5 Å². The normalized spacial score (nSPS) is 22.8. The number of nitrogens with one attached hydrogen (secondary N) is 2. The van der Waals surface area contributed by atoms with Gasteiger partial charge in [0.2, 0.25) is 0 Å². The smallest absolute Gasteiger partial charge is 0.255 e. The summed E-state index contributed by atoms with van der Waals surface area (Å²) in [6.07, 6.45) is 2.37. The number of anilines is 1. The van der Waals surface area contributed by atoms with E-state index in [0.29, 0.717) is 24.6 Å². The number of aromatic nitrogens is 1. The molecule has 7 heteroatoms. The molecule has 1 aromatic rings. The SMILES string of the molecule is CC1(NC(=O)c2cc(Br)cnc2NN)CCOC1. The predicted octanol–water partition coefficient (Wildman–Crippen LogP) is 1.04. The molecular formula is C11H15BrN4O2. The van der Waals surface area contributed by atoms with Gasteiger partial charge in [0.25, 0.3) is 5.91 Å². The maximum Gasteiger partial charge on any atom is 0.255 e. The topological polar surface area (TPSA) is 89.3 Å². The Morgan fingerprint density at radius 1 is 1.67 bits per heavy atom. The Kier molecular flexibility index (Phi) is 3.84. The number of pyridine rings is 1. The van der Waals surface area contributed by atoms with E-state index in [0.717, 1.165) is 10.9 Å². The zero-order valence-electron chi connectivity index (χ0n) is 10.00. The molecule has 1 saturated heterocycles. The van der Waals surface area contributed by atoms with Crippen molar-refractivity contribution in [1.82, 2.24) is 10.3 Å². The molecule has 1 aromatic heterocycles. The third-order valence-electron chi connectivity index (χ3n) is 2.87. The number of hydrogen-bond donors (Lipinski definition) is 3. The van der Waals surface area contributed by atoms with Crippen LogP contribution in [0.4, 0.5) is 5.82 Å². The molecule has 0 bridgehead atoms. The monoisotopic (exact) mass is 314 g/mol. The van der Waals surface area contributed by atoms with Gasteiger partial charge in [-0.2, -0.15) is 0 Å². The summed E-state index contributed by atoms with van der Waals surface area (Å²) in [6, 6.07) is 1.68. The molecule has 4 N–H and O–H groups in total. The Morgan fingerprint density at radius 2 is 2.44 bits per heavy atom. The van der Waals surface area contributed by atoms with E-state index in [1.165, 1.54) is 0 Å². The fourth-order valence-corrected chi connectivity index (χ4v) is 2.17. The second-order valence-corrected chi connectivity index (χ2v) is 5.43. The van der Waals surface area contributed by atoms with Crippen molar-refractivity contribution in [1.29, 1.82) is 0 Å². The lowest BCUT2D eigenvalue weighted by molar-refractivity contribution is 0.0890. The number of nitrogen functional groups attached to an aromatic ring is 1. The Labute approximate surface area is 113 Å². The van der Waals surface area contributed by atoms with Crippen molar-refractivity contribution >= 4 is 27.7 Å². The fourth-order valence-electron chi connectivity index (χ4n) is 1.83. The minimum atomic E-state index is -0.328. The summed E-state index contributed by atoms with van der Waals surface area (Å²) in [7, 11) is 0. The van der Waals surface area contributed by atoms with Crippen LogP contribution in [0.15, 0.2) is 16.7 Å². The lowest BCUT2D eigenvalue weighted by atomic mass is 10.0. The van der Waals surface area contributed by atoms with E-state index in [1.54, 1.807) is 12.3 Å². The van der Waals surface area contributed by atoms with Gasteiger partial charge in [-0.3, -0.25) is 4.79 Å². The van der Waals surface area contributed by atoms with Gasteiger partial charge in [-0.05, 0) is 35.3 Å². The molecule has 6 nitrogen and oxygen atoms in total. The van der Waals surface area contributed by atoms with Gasteiger partial charge in [-0.25, -0.2) is 10.8 Å². The van der Waals surface area contributed by atoms with Crippen molar-refractivity contribution in [2.24, 2.45) is 5.84 Å². The summed E-state index contributed by atoms with van der Waals surface area (Å²) in [5, 5.41) is 2.95. The zero-order valence-corrected chi connectivity index (χ0v) is 11.6. The molecule has 1 aliphatic heterocycles. The molecule has 1 unspecified atom stereocenters. The lowest BCUT2D eigenvalue weighted by Crippen LogP contribution is -2.46.